The summed E-state index contributed by atoms with van der Waals surface area (Å²) >= 11 is 0. The predicted octanol–water partition coefficient (Wildman–Crippen LogP) is 4.53. The second-order valence-electron chi connectivity index (χ2n) is 9.62. The lowest BCUT2D eigenvalue weighted by Crippen LogP contribution is -2.54. The molecule has 0 saturated heterocycles. The van der Waals surface area contributed by atoms with Gasteiger partial charge in [0.05, 0.1) is 0 Å². The second kappa shape index (κ2) is 5.57. The van der Waals surface area contributed by atoms with Crippen LogP contribution in [0, 0.1) is 34.5 Å². The van der Waals surface area contributed by atoms with Crippen molar-refractivity contribution >= 4 is 11.8 Å². The normalized spacial score (nSPS) is 50.6. The van der Waals surface area contributed by atoms with Gasteiger partial charge in [-0.2, -0.15) is 0 Å². The first-order valence-electron chi connectivity index (χ1n) is 10.0. The van der Waals surface area contributed by atoms with E-state index < -0.39 is 0 Å². The van der Waals surface area contributed by atoms with Crippen molar-refractivity contribution < 1.29 is 14.3 Å². The van der Waals surface area contributed by atoms with Crippen molar-refractivity contribution in [2.75, 3.05) is 0 Å². The minimum Gasteiger partial charge on any atom is -0.462 e. The molecule has 0 aromatic rings. The average molecular weight is 332 g/mol. The van der Waals surface area contributed by atoms with Gasteiger partial charge in [0.15, 0.2) is 0 Å². The van der Waals surface area contributed by atoms with Crippen LogP contribution in [-0.4, -0.2) is 17.9 Å². The number of hydrogen-bond donors (Lipinski definition) is 0. The third kappa shape index (κ3) is 2.29. The van der Waals surface area contributed by atoms with Gasteiger partial charge in [0.2, 0.25) is 0 Å². The maximum absolute atomic E-state index is 12.0. The number of fused-ring (bicyclic) bond motifs is 5. The molecule has 3 nitrogen and oxygen atoms in total. The Morgan fingerprint density at radius 3 is 2.50 bits per heavy atom. The van der Waals surface area contributed by atoms with Crippen LogP contribution >= 0.6 is 0 Å². The van der Waals surface area contributed by atoms with E-state index in [0.29, 0.717) is 23.0 Å². The van der Waals surface area contributed by atoms with Crippen LogP contribution in [0.2, 0.25) is 0 Å². The number of rotatable bonds is 1. The molecular formula is C21H32O3. The van der Waals surface area contributed by atoms with Crippen LogP contribution in [0.25, 0.3) is 0 Å². The molecule has 0 bridgehead atoms. The summed E-state index contributed by atoms with van der Waals surface area (Å²) in [6.07, 6.45) is 10.1. The summed E-state index contributed by atoms with van der Waals surface area (Å²) in [5.74, 6) is 3.25. The molecule has 4 aliphatic rings. The van der Waals surface area contributed by atoms with Crippen molar-refractivity contribution in [2.45, 2.75) is 84.7 Å². The Hall–Kier alpha value is -0.860. The minimum atomic E-state index is -0.120. The van der Waals surface area contributed by atoms with Gasteiger partial charge >= 0.3 is 5.97 Å². The van der Waals surface area contributed by atoms with Gasteiger partial charge in [-0.3, -0.25) is 9.59 Å². The maximum Gasteiger partial charge on any atom is 0.302 e. The fourth-order valence-corrected chi connectivity index (χ4v) is 7.39. The topological polar surface area (TPSA) is 43.4 Å². The van der Waals surface area contributed by atoms with Gasteiger partial charge < -0.3 is 4.74 Å². The lowest BCUT2D eigenvalue weighted by Gasteiger charge is -2.60. The van der Waals surface area contributed by atoms with Crippen LogP contribution in [0.1, 0.15) is 78.6 Å². The van der Waals surface area contributed by atoms with Gasteiger partial charge in [-0.25, -0.2) is 0 Å². The summed E-state index contributed by atoms with van der Waals surface area (Å²) in [5.41, 5.74) is 0.554. The molecule has 0 amide bonds. The summed E-state index contributed by atoms with van der Waals surface area (Å²) in [4.78, 5) is 23.5. The first kappa shape index (κ1) is 16.6. The highest BCUT2D eigenvalue weighted by Gasteiger charge is 2.60. The molecule has 0 spiro atoms. The number of carbonyl (C=O) groups excluding carboxylic acids is 2. The summed E-state index contributed by atoms with van der Waals surface area (Å²) in [6, 6.07) is 0. The van der Waals surface area contributed by atoms with Gasteiger partial charge in [-0.15, -0.1) is 0 Å². The van der Waals surface area contributed by atoms with Crippen LogP contribution in [0.4, 0.5) is 0 Å². The Morgan fingerprint density at radius 1 is 1.00 bits per heavy atom. The summed E-state index contributed by atoms with van der Waals surface area (Å²) in [6.45, 7) is 6.42. The molecule has 0 aromatic heterocycles. The Labute approximate surface area is 145 Å². The molecule has 0 N–H and O–H groups in total. The van der Waals surface area contributed by atoms with E-state index >= 15 is 0 Å². The van der Waals surface area contributed by atoms with E-state index in [1.165, 1.54) is 32.1 Å². The van der Waals surface area contributed by atoms with Gasteiger partial charge in [-0.05, 0) is 74.0 Å². The molecule has 24 heavy (non-hydrogen) atoms. The van der Waals surface area contributed by atoms with Crippen molar-refractivity contribution in [1.82, 2.24) is 0 Å². The quantitative estimate of drug-likeness (QED) is 0.663. The molecule has 4 fully saturated rings. The lowest BCUT2D eigenvalue weighted by atomic mass is 9.45. The molecule has 4 aliphatic carbocycles. The van der Waals surface area contributed by atoms with E-state index in [-0.39, 0.29) is 17.5 Å². The third-order valence-corrected chi connectivity index (χ3v) is 8.70. The number of ketones is 1. The average Bonchev–Trinajstić information content (AvgIpc) is 2.84. The molecule has 0 aromatic carbocycles. The predicted molar refractivity (Wildman–Crippen MR) is 92.3 cm³/mol. The van der Waals surface area contributed by atoms with Crippen molar-refractivity contribution in [3.8, 4) is 0 Å². The number of esters is 1. The van der Waals surface area contributed by atoms with Crippen LogP contribution in [-0.2, 0) is 14.3 Å². The zero-order valence-corrected chi connectivity index (χ0v) is 15.5. The van der Waals surface area contributed by atoms with Crippen LogP contribution < -0.4 is 0 Å². The first-order chi connectivity index (χ1) is 11.3. The number of carbonyl (C=O) groups is 2. The SMILES string of the molecule is CC(=O)O[C@H]1CCC2C3CCC4CC(=O)CC[C@]4(C)C3CC[C@@]21C. The molecular weight excluding hydrogens is 300 g/mol. The van der Waals surface area contributed by atoms with Crippen LogP contribution in [0.3, 0.4) is 0 Å². The van der Waals surface area contributed by atoms with E-state index in [0.717, 1.165) is 37.5 Å². The molecule has 7 atom stereocenters. The van der Waals surface area contributed by atoms with Crippen LogP contribution in [0.5, 0.6) is 0 Å². The monoisotopic (exact) mass is 332 g/mol. The summed E-state index contributed by atoms with van der Waals surface area (Å²) in [5, 5.41) is 0. The second-order valence-corrected chi connectivity index (χ2v) is 9.62. The van der Waals surface area contributed by atoms with Gasteiger partial charge in [0.1, 0.15) is 11.9 Å². The van der Waals surface area contributed by atoms with E-state index in [9.17, 15) is 9.59 Å². The van der Waals surface area contributed by atoms with Crippen molar-refractivity contribution in [2.24, 2.45) is 34.5 Å². The van der Waals surface area contributed by atoms with E-state index in [2.05, 4.69) is 13.8 Å². The highest BCUT2D eigenvalue weighted by Crippen LogP contribution is 2.66. The molecule has 0 aliphatic heterocycles. The maximum atomic E-state index is 12.0. The number of Topliss-reactive ketones (excluding diaryl/α,β-unsaturated/α-hetero) is 1. The zero-order chi connectivity index (χ0) is 17.1. The van der Waals surface area contributed by atoms with Gasteiger partial charge in [-0.1, -0.05) is 13.8 Å². The molecule has 134 valence electrons. The first-order valence-corrected chi connectivity index (χ1v) is 10.0. The summed E-state index contributed by atoms with van der Waals surface area (Å²) < 4.78 is 5.73. The molecule has 3 heteroatoms. The molecule has 4 saturated carbocycles. The van der Waals surface area contributed by atoms with Crippen molar-refractivity contribution in [1.29, 1.82) is 0 Å². The number of hydrogen-bond acceptors (Lipinski definition) is 3. The fourth-order valence-electron chi connectivity index (χ4n) is 7.39. The minimum absolute atomic E-state index is 0.120. The Kier molecular flexibility index (Phi) is 3.85. The van der Waals surface area contributed by atoms with E-state index in [1.807, 2.05) is 0 Å². The summed E-state index contributed by atoms with van der Waals surface area (Å²) in [7, 11) is 0. The zero-order valence-electron chi connectivity index (χ0n) is 15.5. The Balaban J connectivity index is 1.58. The number of ether oxygens (including phenoxy) is 1. The molecule has 4 unspecified atom stereocenters. The smallest absolute Gasteiger partial charge is 0.302 e. The van der Waals surface area contributed by atoms with E-state index in [1.54, 1.807) is 6.92 Å². The van der Waals surface area contributed by atoms with Crippen molar-refractivity contribution in [3.05, 3.63) is 0 Å². The van der Waals surface area contributed by atoms with Gasteiger partial charge in [0, 0.05) is 25.2 Å². The largest absolute Gasteiger partial charge is 0.462 e. The fraction of sp³-hybridized carbons (Fsp3) is 0.905. The molecule has 0 radical (unpaired) electrons. The third-order valence-electron chi connectivity index (χ3n) is 8.70. The molecule has 0 heterocycles. The van der Waals surface area contributed by atoms with E-state index in [4.69, 9.17) is 4.74 Å². The standard InChI is InChI=1S/C21H32O3/c1-13(22)24-19-7-6-17-16-5-4-14-12-15(23)8-10-20(14,2)18(16)9-11-21(17,19)3/h14,16-19H,4-12H2,1-3H3/t14?,16?,17?,18?,19-,20-,21-/m0/s1. The molecule has 4 rings (SSSR count). The van der Waals surface area contributed by atoms with Gasteiger partial charge in [0.25, 0.3) is 0 Å². The highest BCUT2D eigenvalue weighted by atomic mass is 16.5. The van der Waals surface area contributed by atoms with Crippen LogP contribution in [0.15, 0.2) is 0 Å². The Morgan fingerprint density at radius 2 is 1.75 bits per heavy atom. The lowest BCUT2D eigenvalue weighted by molar-refractivity contribution is -0.162. The Bertz CT molecular complexity index is 555. The highest BCUT2D eigenvalue weighted by molar-refractivity contribution is 5.79. The van der Waals surface area contributed by atoms with Crippen molar-refractivity contribution in [3.63, 3.8) is 0 Å².